The van der Waals surface area contributed by atoms with Crippen molar-refractivity contribution in [1.82, 2.24) is 10.5 Å². The van der Waals surface area contributed by atoms with Gasteiger partial charge in [-0.3, -0.25) is 4.79 Å². The molecule has 1 aliphatic heterocycles. The summed E-state index contributed by atoms with van der Waals surface area (Å²) in [4.78, 5) is 12.2. The number of hydrogen-bond acceptors (Lipinski definition) is 5. The Morgan fingerprint density at radius 2 is 1.95 bits per heavy atom. The summed E-state index contributed by atoms with van der Waals surface area (Å²) in [6.45, 7) is 0.226. The van der Waals surface area contributed by atoms with E-state index in [-0.39, 0.29) is 18.7 Å². The molecule has 6 nitrogen and oxygen atoms in total. The SMILES string of the molecule is O=C(NC1CCCC1)c1cc(-c2ccc3c(c2)OCO3)on1. The van der Waals surface area contributed by atoms with Crippen molar-refractivity contribution in [3.05, 3.63) is 30.0 Å². The highest BCUT2D eigenvalue weighted by Gasteiger charge is 2.21. The molecule has 1 amide bonds. The van der Waals surface area contributed by atoms with Gasteiger partial charge < -0.3 is 19.3 Å². The number of aromatic nitrogens is 1. The number of hydrogen-bond donors (Lipinski definition) is 1. The first kappa shape index (κ1) is 13.2. The van der Waals surface area contributed by atoms with E-state index in [2.05, 4.69) is 10.5 Å². The number of nitrogens with one attached hydrogen (secondary N) is 1. The average molecular weight is 300 g/mol. The number of ether oxygens (including phenoxy) is 2. The van der Waals surface area contributed by atoms with Crippen LogP contribution in [-0.4, -0.2) is 23.9 Å². The van der Waals surface area contributed by atoms with Gasteiger partial charge in [-0.1, -0.05) is 18.0 Å². The molecule has 1 fully saturated rings. The van der Waals surface area contributed by atoms with Gasteiger partial charge in [-0.05, 0) is 31.0 Å². The molecule has 0 bridgehead atoms. The summed E-state index contributed by atoms with van der Waals surface area (Å²) in [5, 5.41) is 6.86. The van der Waals surface area contributed by atoms with E-state index >= 15 is 0 Å². The lowest BCUT2D eigenvalue weighted by Gasteiger charge is -2.09. The number of rotatable bonds is 3. The Hall–Kier alpha value is -2.50. The first-order chi connectivity index (χ1) is 10.8. The van der Waals surface area contributed by atoms with Crippen LogP contribution in [0.1, 0.15) is 36.2 Å². The van der Waals surface area contributed by atoms with E-state index < -0.39 is 0 Å². The summed E-state index contributed by atoms with van der Waals surface area (Å²) < 4.78 is 15.9. The smallest absolute Gasteiger partial charge is 0.273 e. The Kier molecular flexibility index (Phi) is 3.21. The van der Waals surface area contributed by atoms with Crippen LogP contribution in [0.25, 0.3) is 11.3 Å². The van der Waals surface area contributed by atoms with Gasteiger partial charge in [0.05, 0.1) is 0 Å². The van der Waals surface area contributed by atoms with E-state index in [0.717, 1.165) is 18.4 Å². The third kappa shape index (κ3) is 2.41. The Morgan fingerprint density at radius 3 is 2.82 bits per heavy atom. The van der Waals surface area contributed by atoms with Crippen LogP contribution < -0.4 is 14.8 Å². The van der Waals surface area contributed by atoms with Gasteiger partial charge in [0.25, 0.3) is 5.91 Å². The van der Waals surface area contributed by atoms with E-state index in [9.17, 15) is 4.79 Å². The monoisotopic (exact) mass is 300 g/mol. The Bertz CT molecular complexity index is 704. The van der Waals surface area contributed by atoms with E-state index in [4.69, 9.17) is 14.0 Å². The molecule has 2 heterocycles. The van der Waals surface area contributed by atoms with Gasteiger partial charge in [0.15, 0.2) is 23.0 Å². The average Bonchev–Trinajstić information content (AvgIpc) is 3.27. The third-order valence-electron chi connectivity index (χ3n) is 4.09. The topological polar surface area (TPSA) is 73.6 Å². The quantitative estimate of drug-likeness (QED) is 0.943. The van der Waals surface area contributed by atoms with Gasteiger partial charge in [0, 0.05) is 17.7 Å². The van der Waals surface area contributed by atoms with Crippen molar-refractivity contribution in [1.29, 1.82) is 0 Å². The predicted octanol–water partition coefficient (Wildman–Crippen LogP) is 2.74. The van der Waals surface area contributed by atoms with Crippen molar-refractivity contribution in [2.24, 2.45) is 0 Å². The maximum Gasteiger partial charge on any atom is 0.273 e. The van der Waals surface area contributed by atoms with Crippen LogP contribution in [0.2, 0.25) is 0 Å². The highest BCUT2D eigenvalue weighted by atomic mass is 16.7. The summed E-state index contributed by atoms with van der Waals surface area (Å²) in [6, 6.07) is 7.41. The standard InChI is InChI=1S/C16H16N2O4/c19-16(17-11-3-1-2-4-11)12-8-14(22-18-12)10-5-6-13-15(7-10)21-9-20-13/h5-8,11H,1-4,9H2,(H,17,19). The van der Waals surface area contributed by atoms with Crippen LogP contribution in [0.4, 0.5) is 0 Å². The predicted molar refractivity (Wildman–Crippen MR) is 77.8 cm³/mol. The Labute approximate surface area is 127 Å². The lowest BCUT2D eigenvalue weighted by Crippen LogP contribution is -2.32. The van der Waals surface area contributed by atoms with Crippen LogP contribution in [0.15, 0.2) is 28.8 Å². The second kappa shape index (κ2) is 5.36. The second-order valence-corrected chi connectivity index (χ2v) is 5.60. The van der Waals surface area contributed by atoms with Gasteiger partial charge in [-0.2, -0.15) is 0 Å². The molecule has 0 unspecified atom stereocenters. The van der Waals surface area contributed by atoms with Crippen molar-refractivity contribution >= 4 is 5.91 Å². The second-order valence-electron chi connectivity index (χ2n) is 5.60. The van der Waals surface area contributed by atoms with Crippen molar-refractivity contribution < 1.29 is 18.8 Å². The molecule has 0 atom stereocenters. The summed E-state index contributed by atoms with van der Waals surface area (Å²) >= 11 is 0. The molecule has 0 spiro atoms. The maximum absolute atomic E-state index is 12.2. The minimum absolute atomic E-state index is 0.178. The van der Waals surface area contributed by atoms with Gasteiger partial charge in [-0.25, -0.2) is 0 Å². The zero-order chi connectivity index (χ0) is 14.9. The largest absolute Gasteiger partial charge is 0.454 e. The summed E-state index contributed by atoms with van der Waals surface area (Å²) in [5.74, 6) is 1.74. The molecular weight excluding hydrogens is 284 g/mol. The molecule has 1 saturated carbocycles. The summed E-state index contributed by atoms with van der Waals surface area (Å²) in [5.41, 5.74) is 1.11. The fourth-order valence-corrected chi connectivity index (χ4v) is 2.90. The number of nitrogens with zero attached hydrogens (tertiary/aromatic N) is 1. The number of carbonyl (C=O) groups excluding carboxylic acids is 1. The van der Waals surface area contributed by atoms with Crippen molar-refractivity contribution in [2.45, 2.75) is 31.7 Å². The minimum Gasteiger partial charge on any atom is -0.454 e. The van der Waals surface area contributed by atoms with Crippen LogP contribution in [0, 0.1) is 0 Å². The van der Waals surface area contributed by atoms with E-state index in [1.807, 2.05) is 18.2 Å². The molecule has 22 heavy (non-hydrogen) atoms. The molecule has 114 valence electrons. The molecule has 0 saturated heterocycles. The lowest BCUT2D eigenvalue weighted by atomic mass is 10.1. The number of carbonyl (C=O) groups is 1. The molecule has 1 aliphatic carbocycles. The molecule has 2 aliphatic rings. The van der Waals surface area contributed by atoms with Gasteiger partial charge in [-0.15, -0.1) is 0 Å². The fourth-order valence-electron chi connectivity index (χ4n) is 2.90. The lowest BCUT2D eigenvalue weighted by molar-refractivity contribution is 0.0929. The third-order valence-corrected chi connectivity index (χ3v) is 4.09. The first-order valence-electron chi connectivity index (χ1n) is 7.47. The Balaban J connectivity index is 1.52. The summed E-state index contributed by atoms with van der Waals surface area (Å²) in [6.07, 6.45) is 4.43. The van der Waals surface area contributed by atoms with Crippen LogP contribution in [0.3, 0.4) is 0 Å². The van der Waals surface area contributed by atoms with E-state index in [1.165, 1.54) is 12.8 Å². The van der Waals surface area contributed by atoms with Crippen LogP contribution in [-0.2, 0) is 0 Å². The molecular formula is C16H16N2O4. The zero-order valence-corrected chi connectivity index (χ0v) is 12.0. The molecule has 1 N–H and O–H groups in total. The fraction of sp³-hybridized carbons (Fsp3) is 0.375. The minimum atomic E-state index is -0.178. The van der Waals surface area contributed by atoms with E-state index in [0.29, 0.717) is 23.0 Å². The van der Waals surface area contributed by atoms with Crippen molar-refractivity contribution in [3.8, 4) is 22.8 Å². The summed E-state index contributed by atoms with van der Waals surface area (Å²) in [7, 11) is 0. The first-order valence-corrected chi connectivity index (χ1v) is 7.47. The van der Waals surface area contributed by atoms with E-state index in [1.54, 1.807) is 6.07 Å². The van der Waals surface area contributed by atoms with Gasteiger partial charge in [0.1, 0.15) is 0 Å². The maximum atomic E-state index is 12.2. The van der Waals surface area contributed by atoms with Crippen LogP contribution >= 0.6 is 0 Å². The van der Waals surface area contributed by atoms with Crippen LogP contribution in [0.5, 0.6) is 11.5 Å². The molecule has 6 heteroatoms. The Morgan fingerprint density at radius 1 is 1.14 bits per heavy atom. The molecule has 4 rings (SSSR count). The van der Waals surface area contributed by atoms with Crippen molar-refractivity contribution in [2.75, 3.05) is 6.79 Å². The number of amides is 1. The highest BCUT2D eigenvalue weighted by Crippen LogP contribution is 2.36. The number of benzene rings is 1. The zero-order valence-electron chi connectivity index (χ0n) is 12.0. The number of fused-ring (bicyclic) bond motifs is 1. The van der Waals surface area contributed by atoms with Gasteiger partial charge in [0.2, 0.25) is 6.79 Å². The van der Waals surface area contributed by atoms with Crippen molar-refractivity contribution in [3.63, 3.8) is 0 Å². The van der Waals surface area contributed by atoms with Gasteiger partial charge >= 0.3 is 0 Å². The molecule has 2 aromatic rings. The molecule has 1 aromatic heterocycles. The molecule has 0 radical (unpaired) electrons. The molecule has 1 aromatic carbocycles. The normalized spacial score (nSPS) is 16.9. The highest BCUT2D eigenvalue weighted by molar-refractivity contribution is 5.93.